The zero-order valence-corrected chi connectivity index (χ0v) is 18.8. The summed E-state index contributed by atoms with van der Waals surface area (Å²) < 4.78 is 1.83. The van der Waals surface area contributed by atoms with Gasteiger partial charge >= 0.3 is 0 Å². The van der Waals surface area contributed by atoms with E-state index in [2.05, 4.69) is 39.2 Å². The first-order chi connectivity index (χ1) is 15.0. The highest BCUT2D eigenvalue weighted by molar-refractivity contribution is 5.78. The molecule has 0 spiro atoms. The normalized spacial score (nSPS) is 15.4. The molecule has 7 heteroatoms. The van der Waals surface area contributed by atoms with Crippen molar-refractivity contribution >= 4 is 17.4 Å². The van der Waals surface area contributed by atoms with Crippen LogP contribution in [0.2, 0.25) is 0 Å². The number of likely N-dealkylation sites (N-methyl/N-ethyl adjacent to an activating group) is 1. The van der Waals surface area contributed by atoms with Crippen LogP contribution in [0.15, 0.2) is 42.7 Å². The Hall–Kier alpha value is -2.93. The van der Waals surface area contributed by atoms with Gasteiger partial charge < -0.3 is 14.7 Å². The van der Waals surface area contributed by atoms with Crippen molar-refractivity contribution in [2.75, 3.05) is 52.2 Å². The van der Waals surface area contributed by atoms with Crippen LogP contribution in [0, 0.1) is 0 Å². The molecule has 31 heavy (non-hydrogen) atoms. The molecule has 0 saturated carbocycles. The summed E-state index contributed by atoms with van der Waals surface area (Å²) in [6.45, 7) is 3.03. The molecule has 3 heterocycles. The van der Waals surface area contributed by atoms with Crippen LogP contribution in [-0.4, -0.2) is 77.6 Å². The van der Waals surface area contributed by atoms with E-state index >= 15 is 0 Å². The van der Waals surface area contributed by atoms with Crippen molar-refractivity contribution in [3.63, 3.8) is 0 Å². The van der Waals surface area contributed by atoms with Crippen LogP contribution in [0.5, 0.6) is 0 Å². The molecule has 0 radical (unpaired) electrons. The van der Waals surface area contributed by atoms with Crippen molar-refractivity contribution < 1.29 is 4.79 Å². The van der Waals surface area contributed by atoms with Crippen LogP contribution < -0.4 is 4.90 Å². The van der Waals surface area contributed by atoms with Crippen LogP contribution in [0.4, 0.5) is 5.82 Å². The number of aromatic nitrogens is 3. The largest absolute Gasteiger partial charge is 0.358 e. The van der Waals surface area contributed by atoms with Gasteiger partial charge in [0.15, 0.2) is 5.65 Å². The highest BCUT2D eigenvalue weighted by atomic mass is 16.2. The molecular weight excluding hydrogens is 388 g/mol. The summed E-state index contributed by atoms with van der Waals surface area (Å²) in [5.74, 6) is 1.12. The van der Waals surface area contributed by atoms with Crippen molar-refractivity contribution in [2.24, 2.45) is 0 Å². The number of hydrogen-bond donors (Lipinski definition) is 0. The van der Waals surface area contributed by atoms with Gasteiger partial charge in [-0.1, -0.05) is 24.3 Å². The van der Waals surface area contributed by atoms with Gasteiger partial charge in [-0.3, -0.25) is 4.79 Å². The molecule has 0 aliphatic carbocycles. The molecule has 1 aliphatic rings. The van der Waals surface area contributed by atoms with E-state index in [1.165, 1.54) is 5.56 Å². The highest BCUT2D eigenvalue weighted by Crippen LogP contribution is 2.26. The Balaban J connectivity index is 1.63. The zero-order chi connectivity index (χ0) is 21.8. The molecule has 0 fully saturated rings. The number of anilines is 1. The van der Waals surface area contributed by atoms with Crippen LogP contribution >= 0.6 is 0 Å². The molecule has 0 N–H and O–H groups in total. The summed E-state index contributed by atoms with van der Waals surface area (Å²) in [6, 6.07) is 10.6. The minimum atomic E-state index is 0.231. The summed E-state index contributed by atoms with van der Waals surface area (Å²) in [7, 11) is 6.05. The van der Waals surface area contributed by atoms with Crippen molar-refractivity contribution in [3.05, 3.63) is 48.3 Å². The van der Waals surface area contributed by atoms with Gasteiger partial charge in [0, 0.05) is 51.4 Å². The predicted octanol–water partition coefficient (Wildman–Crippen LogP) is 2.95. The average Bonchev–Trinajstić information content (AvgIpc) is 3.19. The van der Waals surface area contributed by atoms with Crippen molar-refractivity contribution in [2.45, 2.75) is 25.7 Å². The minimum absolute atomic E-state index is 0.231. The van der Waals surface area contributed by atoms with Crippen molar-refractivity contribution in [3.8, 4) is 11.1 Å². The van der Waals surface area contributed by atoms with Gasteiger partial charge in [-0.2, -0.15) is 5.10 Å². The van der Waals surface area contributed by atoms with Crippen molar-refractivity contribution in [1.29, 1.82) is 0 Å². The Morgan fingerprint density at radius 1 is 1.13 bits per heavy atom. The summed E-state index contributed by atoms with van der Waals surface area (Å²) in [5, 5.41) is 4.49. The number of aryl methyl sites for hydroxylation is 1. The first-order valence-corrected chi connectivity index (χ1v) is 11.1. The second-order valence-corrected chi connectivity index (χ2v) is 8.63. The van der Waals surface area contributed by atoms with Gasteiger partial charge in [-0.05, 0) is 50.6 Å². The van der Waals surface area contributed by atoms with E-state index in [1.54, 1.807) is 0 Å². The van der Waals surface area contributed by atoms with Crippen molar-refractivity contribution in [1.82, 2.24) is 24.4 Å². The SMILES string of the molecule is CN(C)CCC(=O)N1CCCCc2cccc(c2)-c2cnn3ccc(nc23)N(C)CC1. The number of benzene rings is 1. The minimum Gasteiger partial charge on any atom is -0.358 e. The maximum atomic E-state index is 12.9. The standard InChI is InChI=1S/C24H32N6O/c1-27(2)13-11-23(31)29-12-5-4-7-19-8-6-9-20(17-19)21-18-25-30-14-10-22(26-24(21)30)28(3)15-16-29/h6,8-10,14,17-18H,4-5,7,11-13,15-16H2,1-3H3. The molecule has 1 aliphatic heterocycles. The third-order valence-electron chi connectivity index (χ3n) is 5.96. The molecule has 1 aromatic carbocycles. The molecule has 0 unspecified atom stereocenters. The van der Waals surface area contributed by atoms with Gasteiger partial charge in [-0.25, -0.2) is 9.50 Å². The topological polar surface area (TPSA) is 57.0 Å². The van der Waals surface area contributed by atoms with Crippen LogP contribution in [0.25, 0.3) is 16.8 Å². The lowest BCUT2D eigenvalue weighted by molar-refractivity contribution is -0.131. The number of nitrogens with zero attached hydrogens (tertiary/aromatic N) is 6. The Labute approximate surface area is 184 Å². The molecule has 1 amide bonds. The molecule has 2 aromatic heterocycles. The average molecular weight is 421 g/mol. The lowest BCUT2D eigenvalue weighted by atomic mass is 10.0. The van der Waals surface area contributed by atoms with E-state index < -0.39 is 0 Å². The number of fused-ring (bicyclic) bond motifs is 4. The third-order valence-corrected chi connectivity index (χ3v) is 5.96. The number of rotatable bonds is 3. The Bertz CT molecular complexity index is 1040. The van der Waals surface area contributed by atoms with E-state index in [0.29, 0.717) is 13.0 Å². The first-order valence-electron chi connectivity index (χ1n) is 11.1. The van der Waals surface area contributed by atoms with Gasteiger partial charge in [0.2, 0.25) is 5.91 Å². The third kappa shape index (κ3) is 5.05. The van der Waals surface area contributed by atoms with Crippen LogP contribution in [-0.2, 0) is 11.2 Å². The quantitative estimate of drug-likeness (QED) is 0.652. The van der Waals surface area contributed by atoms with E-state index in [4.69, 9.17) is 4.98 Å². The fraction of sp³-hybridized carbons (Fsp3) is 0.458. The second-order valence-electron chi connectivity index (χ2n) is 8.63. The molecule has 7 nitrogen and oxygen atoms in total. The fourth-order valence-electron chi connectivity index (χ4n) is 4.03. The maximum absolute atomic E-state index is 12.9. The number of hydrogen-bond acceptors (Lipinski definition) is 5. The molecule has 0 atom stereocenters. The summed E-state index contributed by atoms with van der Waals surface area (Å²) in [4.78, 5) is 24.0. The molecule has 4 bridgehead atoms. The smallest absolute Gasteiger partial charge is 0.223 e. The molecule has 4 rings (SSSR count). The molecule has 164 valence electrons. The van der Waals surface area contributed by atoms with E-state index in [0.717, 1.165) is 61.5 Å². The van der Waals surface area contributed by atoms with Crippen LogP contribution in [0.3, 0.4) is 0 Å². The van der Waals surface area contributed by atoms with E-state index in [1.807, 2.05) is 49.0 Å². The number of carbonyl (C=O) groups excluding carboxylic acids is 1. The summed E-state index contributed by atoms with van der Waals surface area (Å²) in [6.07, 6.45) is 7.49. The van der Waals surface area contributed by atoms with E-state index in [9.17, 15) is 4.79 Å². The number of carbonyl (C=O) groups is 1. The zero-order valence-electron chi connectivity index (χ0n) is 18.8. The summed E-state index contributed by atoms with van der Waals surface area (Å²) >= 11 is 0. The van der Waals surface area contributed by atoms with Gasteiger partial charge in [0.05, 0.1) is 6.20 Å². The number of amides is 1. The second kappa shape index (κ2) is 9.47. The lowest BCUT2D eigenvalue weighted by Crippen LogP contribution is -2.39. The van der Waals surface area contributed by atoms with Gasteiger partial charge in [-0.15, -0.1) is 0 Å². The van der Waals surface area contributed by atoms with E-state index in [-0.39, 0.29) is 5.91 Å². The molecule has 0 saturated heterocycles. The Morgan fingerprint density at radius 3 is 2.84 bits per heavy atom. The first kappa shape index (κ1) is 21.3. The highest BCUT2D eigenvalue weighted by Gasteiger charge is 2.16. The predicted molar refractivity (Wildman–Crippen MR) is 124 cm³/mol. The monoisotopic (exact) mass is 420 g/mol. The van der Waals surface area contributed by atoms with Gasteiger partial charge in [0.1, 0.15) is 5.82 Å². The molecule has 3 aromatic rings. The summed E-state index contributed by atoms with van der Waals surface area (Å²) in [5.41, 5.74) is 4.36. The fourth-order valence-corrected chi connectivity index (χ4v) is 4.03. The Morgan fingerprint density at radius 2 is 2.00 bits per heavy atom. The molecular formula is C24H32N6O. The Kier molecular flexibility index (Phi) is 6.51. The maximum Gasteiger partial charge on any atom is 0.223 e. The van der Waals surface area contributed by atoms with Gasteiger partial charge in [0.25, 0.3) is 0 Å². The lowest BCUT2D eigenvalue weighted by Gasteiger charge is -2.27. The van der Waals surface area contributed by atoms with Crippen LogP contribution in [0.1, 0.15) is 24.8 Å².